The number of carbonyl (C=O) groups is 1. The maximum atomic E-state index is 11.0. The number of aliphatic carboxylic acids is 1. The van der Waals surface area contributed by atoms with Crippen LogP contribution in [0.2, 0.25) is 0 Å². The van der Waals surface area contributed by atoms with Crippen LogP contribution in [0, 0.1) is 5.92 Å². The third-order valence-electron chi connectivity index (χ3n) is 3.89. The molecule has 3 N–H and O–H groups in total. The average Bonchev–Trinajstić information content (AvgIpc) is 2.77. The van der Waals surface area contributed by atoms with E-state index in [9.17, 15) is 4.79 Å². The van der Waals surface area contributed by atoms with Crippen LogP contribution in [-0.4, -0.2) is 30.7 Å². The van der Waals surface area contributed by atoms with Crippen molar-refractivity contribution in [1.29, 1.82) is 0 Å². The van der Waals surface area contributed by atoms with Crippen molar-refractivity contribution < 1.29 is 9.90 Å². The summed E-state index contributed by atoms with van der Waals surface area (Å²) in [5.41, 5.74) is 6.51. The van der Waals surface area contributed by atoms with Gasteiger partial charge in [-0.1, -0.05) is 0 Å². The highest BCUT2D eigenvalue weighted by atomic mass is 79.9. The van der Waals surface area contributed by atoms with Gasteiger partial charge in [0, 0.05) is 5.92 Å². The first kappa shape index (κ1) is 13.3. The van der Waals surface area contributed by atoms with E-state index in [1.165, 1.54) is 6.33 Å². The number of hydrogen-bond acceptors (Lipinski definition) is 5. The van der Waals surface area contributed by atoms with Crippen LogP contribution in [-0.2, 0) is 4.79 Å². The lowest BCUT2D eigenvalue weighted by Gasteiger charge is -2.24. The second-order valence-electron chi connectivity index (χ2n) is 5.05. The number of hydrogen-bond donors (Lipinski definition) is 2. The predicted molar refractivity (Wildman–Crippen MR) is 75.2 cm³/mol. The van der Waals surface area contributed by atoms with Crippen LogP contribution >= 0.6 is 15.9 Å². The van der Waals surface area contributed by atoms with Crippen molar-refractivity contribution in [3.8, 4) is 0 Å². The van der Waals surface area contributed by atoms with Gasteiger partial charge in [0.2, 0.25) is 0 Å². The number of fused-ring (bicyclic) bond motifs is 1. The Hall–Kier alpha value is -1.70. The summed E-state index contributed by atoms with van der Waals surface area (Å²) in [6.45, 7) is 0. The molecular formula is C12H14BrN5O2. The van der Waals surface area contributed by atoms with Crippen molar-refractivity contribution in [3.63, 3.8) is 0 Å². The van der Waals surface area contributed by atoms with Crippen LogP contribution in [0.5, 0.6) is 0 Å². The molecule has 20 heavy (non-hydrogen) atoms. The Kier molecular flexibility index (Phi) is 3.33. The van der Waals surface area contributed by atoms with Crippen molar-refractivity contribution in [2.45, 2.75) is 31.6 Å². The highest BCUT2D eigenvalue weighted by molar-refractivity contribution is 9.10. The third-order valence-corrected chi connectivity index (χ3v) is 4.44. The first-order chi connectivity index (χ1) is 9.58. The quantitative estimate of drug-likeness (QED) is 0.864. The van der Waals surface area contributed by atoms with Crippen molar-refractivity contribution in [3.05, 3.63) is 16.8 Å². The number of carboxylic acids is 1. The van der Waals surface area contributed by atoms with Crippen molar-refractivity contribution in [2.75, 3.05) is 5.73 Å². The number of carboxylic acid groups (broad SMARTS) is 1. The molecule has 0 radical (unpaired) electrons. The van der Waals surface area contributed by atoms with Crippen molar-refractivity contribution >= 4 is 33.2 Å². The topological polar surface area (TPSA) is 106 Å². The number of nitrogen functional groups attached to an aromatic ring is 1. The lowest BCUT2D eigenvalue weighted by Crippen LogP contribution is -2.21. The second kappa shape index (κ2) is 5.01. The monoisotopic (exact) mass is 339 g/mol. The molecule has 0 saturated heterocycles. The number of anilines is 1. The molecule has 7 nitrogen and oxygen atoms in total. The zero-order chi connectivity index (χ0) is 14.3. The largest absolute Gasteiger partial charge is 0.481 e. The average molecular weight is 340 g/mol. The maximum Gasteiger partial charge on any atom is 0.306 e. The molecule has 0 spiro atoms. The molecule has 2 aromatic heterocycles. The van der Waals surface area contributed by atoms with Gasteiger partial charge in [-0.3, -0.25) is 4.79 Å². The van der Waals surface area contributed by atoms with Gasteiger partial charge in [-0.15, -0.1) is 0 Å². The zero-order valence-corrected chi connectivity index (χ0v) is 12.2. The van der Waals surface area contributed by atoms with Gasteiger partial charge in [0.25, 0.3) is 0 Å². The first-order valence-electron chi connectivity index (χ1n) is 6.45. The molecule has 0 unspecified atom stereocenters. The van der Waals surface area contributed by atoms with Gasteiger partial charge in [0.15, 0.2) is 5.82 Å². The normalized spacial score (nSPS) is 23.1. The highest BCUT2D eigenvalue weighted by Gasteiger charge is 2.30. The summed E-state index contributed by atoms with van der Waals surface area (Å²) in [5.74, 6) is 0.471. The summed E-state index contributed by atoms with van der Waals surface area (Å²) in [4.78, 5) is 19.4. The minimum atomic E-state index is -0.704. The summed E-state index contributed by atoms with van der Waals surface area (Å²) in [6.07, 6.45) is 4.35. The van der Waals surface area contributed by atoms with Crippen LogP contribution < -0.4 is 5.73 Å². The number of imidazole rings is 1. The molecule has 2 aromatic rings. The molecule has 1 aliphatic rings. The van der Waals surface area contributed by atoms with Gasteiger partial charge in [-0.25, -0.2) is 14.5 Å². The van der Waals surface area contributed by atoms with Crippen LogP contribution in [0.3, 0.4) is 0 Å². The van der Waals surface area contributed by atoms with Crippen LogP contribution in [0.4, 0.5) is 5.82 Å². The Balaban J connectivity index is 1.92. The number of rotatable bonds is 2. The molecular weight excluding hydrogens is 326 g/mol. The molecule has 2 heterocycles. The molecule has 1 aliphatic carbocycles. The summed E-state index contributed by atoms with van der Waals surface area (Å²) >= 11 is 3.38. The lowest BCUT2D eigenvalue weighted by atomic mass is 9.82. The fraction of sp³-hybridized carbons (Fsp3) is 0.500. The van der Waals surface area contributed by atoms with Crippen LogP contribution in [0.1, 0.15) is 37.4 Å². The molecule has 1 fully saturated rings. The van der Waals surface area contributed by atoms with E-state index in [-0.39, 0.29) is 11.8 Å². The molecule has 0 aliphatic heterocycles. The fourth-order valence-corrected chi connectivity index (χ4v) is 3.35. The van der Waals surface area contributed by atoms with E-state index in [0.717, 1.165) is 18.7 Å². The molecule has 0 aromatic carbocycles. The Morgan fingerprint density at radius 3 is 2.75 bits per heavy atom. The molecule has 0 bridgehead atoms. The van der Waals surface area contributed by atoms with Gasteiger partial charge in [-0.2, -0.15) is 5.10 Å². The Labute approximate surface area is 123 Å². The lowest BCUT2D eigenvalue weighted by molar-refractivity contribution is -0.142. The Morgan fingerprint density at radius 1 is 1.40 bits per heavy atom. The van der Waals surface area contributed by atoms with Crippen LogP contribution in [0.15, 0.2) is 10.9 Å². The second-order valence-corrected chi connectivity index (χ2v) is 5.80. The number of nitrogens with two attached hydrogens (primary N) is 1. The van der Waals surface area contributed by atoms with E-state index < -0.39 is 5.97 Å². The van der Waals surface area contributed by atoms with Gasteiger partial charge in [-0.05, 0) is 41.6 Å². The standard InChI is InChI=1S/C12H14BrN5O2/c13-9-8-10(14)15-5-16-18(8)11(17-9)6-1-3-7(4-2-6)12(19)20/h5-7H,1-4H2,(H,19,20)(H2,14,15,16)/t6-,7-. The van der Waals surface area contributed by atoms with Gasteiger partial charge >= 0.3 is 5.97 Å². The molecule has 0 atom stereocenters. The Morgan fingerprint density at radius 2 is 2.10 bits per heavy atom. The minimum absolute atomic E-state index is 0.207. The van der Waals surface area contributed by atoms with E-state index in [1.807, 2.05) is 0 Å². The van der Waals surface area contributed by atoms with E-state index in [0.29, 0.717) is 28.8 Å². The minimum Gasteiger partial charge on any atom is -0.481 e. The van der Waals surface area contributed by atoms with E-state index in [1.54, 1.807) is 4.52 Å². The van der Waals surface area contributed by atoms with Crippen molar-refractivity contribution in [1.82, 2.24) is 19.6 Å². The Bertz CT molecular complexity index is 663. The molecule has 0 amide bonds. The fourth-order valence-electron chi connectivity index (χ4n) is 2.80. The number of halogens is 1. The highest BCUT2D eigenvalue weighted by Crippen LogP contribution is 2.37. The summed E-state index contributed by atoms with van der Waals surface area (Å²) in [6, 6.07) is 0. The molecule has 1 saturated carbocycles. The van der Waals surface area contributed by atoms with Gasteiger partial charge in [0.05, 0.1) is 5.92 Å². The van der Waals surface area contributed by atoms with Gasteiger partial charge < -0.3 is 10.8 Å². The number of nitrogens with zero attached hydrogens (tertiary/aromatic N) is 4. The summed E-state index contributed by atoms with van der Waals surface area (Å²) in [7, 11) is 0. The third kappa shape index (κ3) is 2.13. The van der Waals surface area contributed by atoms with Crippen LogP contribution in [0.25, 0.3) is 5.52 Å². The molecule has 8 heteroatoms. The van der Waals surface area contributed by atoms with E-state index in [2.05, 4.69) is 31.0 Å². The molecule has 106 valence electrons. The van der Waals surface area contributed by atoms with Gasteiger partial charge in [0.1, 0.15) is 22.3 Å². The van der Waals surface area contributed by atoms with E-state index >= 15 is 0 Å². The van der Waals surface area contributed by atoms with E-state index in [4.69, 9.17) is 10.8 Å². The predicted octanol–water partition coefficient (Wildman–Crippen LogP) is 1.83. The first-order valence-corrected chi connectivity index (χ1v) is 7.24. The smallest absolute Gasteiger partial charge is 0.306 e. The maximum absolute atomic E-state index is 11.0. The SMILES string of the molecule is Nc1ncnn2c1c(Br)nc2[C@H]1CC[C@H](C(=O)O)CC1. The summed E-state index contributed by atoms with van der Waals surface area (Å²) in [5, 5.41) is 13.3. The van der Waals surface area contributed by atoms with Crippen molar-refractivity contribution in [2.24, 2.45) is 5.92 Å². The molecule has 3 rings (SSSR count). The summed E-state index contributed by atoms with van der Waals surface area (Å²) < 4.78 is 2.34. The number of aromatic nitrogens is 4. The zero-order valence-electron chi connectivity index (χ0n) is 10.7.